The smallest absolute Gasteiger partial charge is 0.226 e. The summed E-state index contributed by atoms with van der Waals surface area (Å²) in [5.41, 5.74) is -0.137. The van der Waals surface area contributed by atoms with Crippen LogP contribution in [0.3, 0.4) is 0 Å². The Hall–Kier alpha value is -2.06. The van der Waals surface area contributed by atoms with E-state index in [9.17, 15) is 13.2 Å². The first-order chi connectivity index (χ1) is 8.95. The van der Waals surface area contributed by atoms with Gasteiger partial charge < -0.3 is 0 Å². The molecule has 0 aliphatic heterocycles. The summed E-state index contributed by atoms with van der Waals surface area (Å²) in [6, 6.07) is 6.29. The minimum Gasteiger partial charge on any atom is -0.226 e. The van der Waals surface area contributed by atoms with Crippen molar-refractivity contribution in [3.8, 4) is 11.8 Å². The zero-order valence-corrected chi connectivity index (χ0v) is 10.1. The molecule has 0 unspecified atom stereocenters. The molecule has 2 nitrogen and oxygen atoms in total. The molecule has 96 valence electrons. The maximum absolute atomic E-state index is 12.5. The van der Waals surface area contributed by atoms with Gasteiger partial charge in [-0.3, -0.25) is 0 Å². The van der Waals surface area contributed by atoms with Gasteiger partial charge in [0.1, 0.15) is 5.69 Å². The van der Waals surface area contributed by atoms with Crippen LogP contribution < -0.4 is 0 Å². The van der Waals surface area contributed by atoms with Crippen molar-refractivity contribution in [3.05, 3.63) is 58.6 Å². The summed E-state index contributed by atoms with van der Waals surface area (Å²) in [6.07, 6.45) is -2.96. The number of aromatic nitrogens is 2. The van der Waals surface area contributed by atoms with Gasteiger partial charge in [-0.15, -0.1) is 0 Å². The van der Waals surface area contributed by atoms with E-state index < -0.39 is 11.7 Å². The van der Waals surface area contributed by atoms with E-state index in [1.54, 1.807) is 0 Å². The van der Waals surface area contributed by atoms with E-state index in [4.69, 9.17) is 11.6 Å². The van der Waals surface area contributed by atoms with Crippen LogP contribution in [0.2, 0.25) is 5.28 Å². The van der Waals surface area contributed by atoms with Crippen LogP contribution in [0.5, 0.6) is 0 Å². The van der Waals surface area contributed by atoms with Gasteiger partial charge in [-0.1, -0.05) is 12.0 Å². The lowest BCUT2D eigenvalue weighted by atomic mass is 10.1. The molecule has 0 bridgehead atoms. The van der Waals surface area contributed by atoms with Crippen LogP contribution >= 0.6 is 11.6 Å². The third-order valence-corrected chi connectivity index (χ3v) is 2.33. The molecule has 0 spiro atoms. The number of alkyl halides is 3. The highest BCUT2D eigenvalue weighted by atomic mass is 35.5. The van der Waals surface area contributed by atoms with E-state index in [-0.39, 0.29) is 10.8 Å². The molecule has 0 fully saturated rings. The van der Waals surface area contributed by atoms with Crippen LogP contribution in [0.15, 0.2) is 36.5 Å². The van der Waals surface area contributed by atoms with E-state index in [0.29, 0.717) is 5.69 Å². The predicted octanol–water partition coefficient (Wildman–Crippen LogP) is 3.55. The van der Waals surface area contributed by atoms with Gasteiger partial charge in [0, 0.05) is 11.8 Å². The zero-order valence-electron chi connectivity index (χ0n) is 9.37. The number of halogens is 4. The van der Waals surface area contributed by atoms with Crippen LogP contribution in [0.4, 0.5) is 13.2 Å². The molecule has 0 N–H and O–H groups in total. The minimum atomic E-state index is -4.38. The fourth-order valence-electron chi connectivity index (χ4n) is 1.31. The second-order valence-electron chi connectivity index (χ2n) is 3.54. The maximum Gasteiger partial charge on any atom is 0.416 e. The molecule has 0 aliphatic rings. The van der Waals surface area contributed by atoms with Gasteiger partial charge in [0.15, 0.2) is 0 Å². The first-order valence-corrected chi connectivity index (χ1v) is 5.51. The molecule has 1 aromatic carbocycles. The lowest BCUT2D eigenvalue weighted by Crippen LogP contribution is -2.04. The predicted molar refractivity (Wildman–Crippen MR) is 64.5 cm³/mol. The van der Waals surface area contributed by atoms with Gasteiger partial charge in [0.05, 0.1) is 5.56 Å². The van der Waals surface area contributed by atoms with Gasteiger partial charge in [0.25, 0.3) is 0 Å². The van der Waals surface area contributed by atoms with Crippen LogP contribution in [-0.4, -0.2) is 9.97 Å². The summed E-state index contributed by atoms with van der Waals surface area (Å²) in [4.78, 5) is 7.50. The third kappa shape index (κ3) is 3.70. The summed E-state index contributed by atoms with van der Waals surface area (Å²) in [5, 5.41) is 0.0378. The minimum absolute atomic E-state index is 0.0378. The Balaban J connectivity index is 2.30. The molecular weight excluding hydrogens is 277 g/mol. The third-order valence-electron chi connectivity index (χ3n) is 2.15. The van der Waals surface area contributed by atoms with Gasteiger partial charge in [-0.2, -0.15) is 13.2 Å². The molecule has 0 aliphatic carbocycles. The van der Waals surface area contributed by atoms with Crippen LogP contribution in [0.25, 0.3) is 0 Å². The van der Waals surface area contributed by atoms with Crippen molar-refractivity contribution in [1.82, 2.24) is 9.97 Å². The van der Waals surface area contributed by atoms with Crippen LogP contribution in [0, 0.1) is 11.8 Å². The number of hydrogen-bond donors (Lipinski definition) is 0. The Morgan fingerprint density at radius 2 is 1.89 bits per heavy atom. The molecule has 19 heavy (non-hydrogen) atoms. The summed E-state index contributed by atoms with van der Waals surface area (Å²) >= 11 is 5.57. The first kappa shape index (κ1) is 13.4. The molecule has 1 heterocycles. The quantitative estimate of drug-likeness (QED) is 0.545. The van der Waals surface area contributed by atoms with Crippen molar-refractivity contribution in [3.63, 3.8) is 0 Å². The monoisotopic (exact) mass is 282 g/mol. The molecule has 0 amide bonds. The van der Waals surface area contributed by atoms with E-state index in [0.717, 1.165) is 12.1 Å². The van der Waals surface area contributed by atoms with Gasteiger partial charge in [-0.05, 0) is 41.8 Å². The van der Waals surface area contributed by atoms with Crippen molar-refractivity contribution in [1.29, 1.82) is 0 Å². The largest absolute Gasteiger partial charge is 0.416 e. The van der Waals surface area contributed by atoms with Crippen molar-refractivity contribution in [2.24, 2.45) is 0 Å². The first-order valence-electron chi connectivity index (χ1n) is 5.13. The topological polar surface area (TPSA) is 25.8 Å². The van der Waals surface area contributed by atoms with E-state index in [1.165, 1.54) is 24.4 Å². The fraction of sp³-hybridized carbons (Fsp3) is 0.0769. The molecule has 6 heteroatoms. The van der Waals surface area contributed by atoms with E-state index >= 15 is 0 Å². The van der Waals surface area contributed by atoms with Gasteiger partial charge in [0.2, 0.25) is 5.28 Å². The van der Waals surface area contributed by atoms with Crippen molar-refractivity contribution < 1.29 is 13.2 Å². The second-order valence-corrected chi connectivity index (χ2v) is 3.88. The van der Waals surface area contributed by atoms with Gasteiger partial charge >= 0.3 is 6.18 Å². The highest BCUT2D eigenvalue weighted by Gasteiger charge is 2.30. The van der Waals surface area contributed by atoms with Crippen molar-refractivity contribution in [2.45, 2.75) is 6.18 Å². The Morgan fingerprint density at radius 1 is 1.11 bits per heavy atom. The molecule has 0 saturated heterocycles. The van der Waals surface area contributed by atoms with Crippen LogP contribution in [0.1, 0.15) is 16.8 Å². The average molecular weight is 283 g/mol. The highest BCUT2D eigenvalue weighted by Crippen LogP contribution is 2.29. The van der Waals surface area contributed by atoms with Crippen molar-refractivity contribution in [2.75, 3.05) is 0 Å². The number of hydrogen-bond acceptors (Lipinski definition) is 2. The molecule has 0 radical (unpaired) electrons. The highest BCUT2D eigenvalue weighted by molar-refractivity contribution is 6.28. The molecule has 0 atom stereocenters. The normalized spacial score (nSPS) is 10.7. The summed E-state index contributed by atoms with van der Waals surface area (Å²) in [5.74, 6) is 5.23. The Morgan fingerprint density at radius 3 is 2.58 bits per heavy atom. The summed E-state index contributed by atoms with van der Waals surface area (Å²) in [6.45, 7) is 0. The van der Waals surface area contributed by atoms with Crippen LogP contribution in [-0.2, 0) is 6.18 Å². The van der Waals surface area contributed by atoms with Gasteiger partial charge in [-0.25, -0.2) is 9.97 Å². The molecular formula is C13H6ClF3N2. The molecule has 2 rings (SSSR count). The average Bonchev–Trinajstić information content (AvgIpc) is 2.36. The fourth-order valence-corrected chi connectivity index (χ4v) is 1.46. The SMILES string of the molecule is FC(F)(F)c1cccc(C#Cc2ccnc(Cl)n2)c1. The number of rotatable bonds is 0. The lowest BCUT2D eigenvalue weighted by molar-refractivity contribution is -0.137. The Bertz CT molecular complexity index is 657. The Kier molecular flexibility index (Phi) is 3.72. The lowest BCUT2D eigenvalue weighted by Gasteiger charge is -2.05. The summed E-state index contributed by atoms with van der Waals surface area (Å²) in [7, 11) is 0. The van der Waals surface area contributed by atoms with E-state index in [2.05, 4.69) is 21.8 Å². The maximum atomic E-state index is 12.5. The molecule has 1 aromatic heterocycles. The number of nitrogens with zero attached hydrogens (tertiary/aromatic N) is 2. The van der Waals surface area contributed by atoms with Crippen molar-refractivity contribution >= 4 is 11.6 Å². The molecule has 0 saturated carbocycles. The second kappa shape index (κ2) is 5.29. The standard InChI is InChI=1S/C13H6ClF3N2/c14-12-18-7-6-11(19-12)5-4-9-2-1-3-10(8-9)13(15,16)17/h1-3,6-8H. The van der Waals surface area contributed by atoms with E-state index in [1.807, 2.05) is 0 Å². The molecule has 2 aromatic rings. The summed E-state index contributed by atoms with van der Waals surface area (Å²) < 4.78 is 37.5. The zero-order chi connectivity index (χ0) is 13.9. The number of benzene rings is 1. The Labute approximate surface area is 112 Å².